The molecule has 1 aliphatic heterocycles. The monoisotopic (exact) mass is 510 g/mol. The number of nitrogens with one attached hydrogen (secondary N) is 1. The Balaban J connectivity index is 1.31. The van der Waals surface area contributed by atoms with Crippen LogP contribution in [0.1, 0.15) is 55.9 Å². The number of nitrogen functional groups attached to an aromatic ring is 1. The van der Waals surface area contributed by atoms with E-state index in [1.165, 1.54) is 22.3 Å². The van der Waals surface area contributed by atoms with Crippen molar-refractivity contribution in [3.63, 3.8) is 0 Å². The van der Waals surface area contributed by atoms with Crippen molar-refractivity contribution in [1.82, 2.24) is 5.32 Å². The summed E-state index contributed by atoms with van der Waals surface area (Å²) >= 11 is 0. The van der Waals surface area contributed by atoms with Crippen molar-refractivity contribution in [2.75, 3.05) is 18.9 Å². The molecule has 0 unspecified atom stereocenters. The third kappa shape index (κ3) is 4.84. The molecule has 0 aromatic heterocycles. The molecule has 38 heavy (non-hydrogen) atoms. The van der Waals surface area contributed by atoms with Crippen LogP contribution >= 0.6 is 0 Å². The van der Waals surface area contributed by atoms with Gasteiger partial charge in [-0.25, -0.2) is 4.79 Å². The lowest BCUT2D eigenvalue weighted by Crippen LogP contribution is -2.41. The van der Waals surface area contributed by atoms with E-state index in [1.807, 2.05) is 83.2 Å². The average molecular weight is 510 g/mol. The molecule has 3 aromatic carbocycles. The Labute approximate surface area is 225 Å². The number of carbonyl (C=O) groups is 1. The normalized spacial score (nSPS) is 17.7. The first kappa shape index (κ1) is 26.1. The quantitative estimate of drug-likeness (QED) is 0.308. The molecular weight excluding hydrogens is 475 g/mol. The minimum atomic E-state index is -0.616. The van der Waals surface area contributed by atoms with Gasteiger partial charge in [-0.05, 0) is 79.5 Å². The SMILES string of the molecule is Cc1c(N)cccc1C=C(CNC(=O)OCC1c2ccccc2-c2ccccc21)B1OC(C)(C)C(C)(C)O1. The number of hydrogen-bond donors (Lipinski definition) is 2. The molecule has 0 radical (unpaired) electrons. The summed E-state index contributed by atoms with van der Waals surface area (Å²) in [4.78, 5) is 12.9. The molecule has 0 bridgehead atoms. The first-order chi connectivity index (χ1) is 18.1. The molecule has 1 heterocycles. The second kappa shape index (κ2) is 9.97. The standard InChI is InChI=1S/C31H35BN2O4/c1-20-21(11-10-16-28(20)33)17-22(32-37-30(2,3)31(4,5)38-32)18-34-29(35)36-19-27-25-14-8-6-12-23(25)24-13-7-9-15-26(24)27/h6-17,27H,18-19,33H2,1-5H3,(H,34,35). The van der Waals surface area contributed by atoms with Crippen LogP contribution in [0, 0.1) is 6.92 Å². The van der Waals surface area contributed by atoms with Gasteiger partial charge in [-0.3, -0.25) is 0 Å². The molecule has 3 aromatic rings. The van der Waals surface area contributed by atoms with E-state index in [4.69, 9.17) is 19.8 Å². The molecule has 2 aliphatic rings. The number of anilines is 1. The highest BCUT2D eigenvalue weighted by molar-refractivity contribution is 6.56. The summed E-state index contributed by atoms with van der Waals surface area (Å²) in [6.45, 7) is 10.5. The first-order valence-corrected chi connectivity index (χ1v) is 13.1. The van der Waals surface area contributed by atoms with Crippen molar-refractivity contribution in [2.24, 2.45) is 0 Å². The number of ether oxygens (including phenoxy) is 1. The van der Waals surface area contributed by atoms with E-state index in [2.05, 4.69) is 29.6 Å². The number of alkyl carbamates (subject to hydrolysis) is 1. The largest absolute Gasteiger partial charge is 0.492 e. The number of amides is 1. The Kier molecular flexibility index (Phi) is 6.84. The Morgan fingerprint density at radius 3 is 2.13 bits per heavy atom. The number of rotatable bonds is 6. The Bertz CT molecular complexity index is 1340. The number of hydrogen-bond acceptors (Lipinski definition) is 5. The van der Waals surface area contributed by atoms with Gasteiger partial charge in [0.2, 0.25) is 0 Å². The lowest BCUT2D eigenvalue weighted by atomic mass is 9.76. The van der Waals surface area contributed by atoms with Gasteiger partial charge in [-0.2, -0.15) is 0 Å². The van der Waals surface area contributed by atoms with Gasteiger partial charge in [0, 0.05) is 18.2 Å². The maximum absolute atomic E-state index is 12.9. The average Bonchev–Trinajstić information content (AvgIpc) is 3.32. The van der Waals surface area contributed by atoms with Crippen molar-refractivity contribution in [2.45, 2.75) is 51.7 Å². The minimum Gasteiger partial charge on any atom is -0.449 e. The number of benzene rings is 3. The van der Waals surface area contributed by atoms with Crippen LogP contribution in [0.4, 0.5) is 10.5 Å². The zero-order valence-electron chi connectivity index (χ0n) is 22.7. The van der Waals surface area contributed by atoms with Crippen molar-refractivity contribution < 1.29 is 18.8 Å². The van der Waals surface area contributed by atoms with Gasteiger partial charge in [0.1, 0.15) is 6.61 Å². The molecule has 5 rings (SSSR count). The molecule has 1 aliphatic carbocycles. The lowest BCUT2D eigenvalue weighted by molar-refractivity contribution is 0.00578. The van der Waals surface area contributed by atoms with Crippen molar-refractivity contribution in [3.05, 3.63) is 94.5 Å². The predicted octanol–water partition coefficient (Wildman–Crippen LogP) is 6.13. The molecule has 0 atom stereocenters. The lowest BCUT2D eigenvalue weighted by Gasteiger charge is -2.32. The van der Waals surface area contributed by atoms with E-state index in [9.17, 15) is 4.79 Å². The van der Waals surface area contributed by atoms with Crippen LogP contribution in [0.25, 0.3) is 17.2 Å². The van der Waals surface area contributed by atoms with Crippen LogP contribution in [-0.2, 0) is 14.0 Å². The van der Waals surface area contributed by atoms with Gasteiger partial charge in [-0.1, -0.05) is 66.7 Å². The van der Waals surface area contributed by atoms with Crippen molar-refractivity contribution in [1.29, 1.82) is 0 Å². The van der Waals surface area contributed by atoms with Crippen LogP contribution in [0.2, 0.25) is 0 Å². The zero-order valence-corrected chi connectivity index (χ0v) is 22.7. The second-order valence-electron chi connectivity index (χ2n) is 11.0. The fraction of sp³-hybridized carbons (Fsp3) is 0.323. The summed E-state index contributed by atoms with van der Waals surface area (Å²) in [5.41, 5.74) is 13.3. The molecule has 1 fully saturated rings. The topological polar surface area (TPSA) is 82.8 Å². The highest BCUT2D eigenvalue weighted by atomic mass is 16.7. The van der Waals surface area contributed by atoms with E-state index in [0.717, 1.165) is 16.6 Å². The fourth-order valence-electron chi connectivity index (χ4n) is 5.05. The van der Waals surface area contributed by atoms with E-state index < -0.39 is 24.4 Å². The molecule has 196 valence electrons. The highest BCUT2D eigenvalue weighted by Gasteiger charge is 2.52. The zero-order chi connectivity index (χ0) is 27.1. The minimum absolute atomic E-state index is 0.00111. The van der Waals surface area contributed by atoms with Crippen molar-refractivity contribution >= 4 is 25.0 Å². The molecular formula is C31H35BN2O4. The van der Waals surface area contributed by atoms with Gasteiger partial charge < -0.3 is 25.1 Å². The molecule has 7 heteroatoms. The fourth-order valence-corrected chi connectivity index (χ4v) is 5.05. The maximum atomic E-state index is 12.9. The van der Waals surface area contributed by atoms with Crippen LogP contribution in [-0.4, -0.2) is 37.6 Å². The molecule has 0 spiro atoms. The molecule has 6 nitrogen and oxygen atoms in total. The van der Waals surface area contributed by atoms with Gasteiger partial charge in [-0.15, -0.1) is 0 Å². The van der Waals surface area contributed by atoms with Crippen LogP contribution in [0.3, 0.4) is 0 Å². The van der Waals surface area contributed by atoms with E-state index >= 15 is 0 Å². The van der Waals surface area contributed by atoms with E-state index in [1.54, 1.807) is 0 Å². The highest BCUT2D eigenvalue weighted by Crippen LogP contribution is 2.44. The van der Waals surface area contributed by atoms with Gasteiger partial charge in [0.05, 0.1) is 11.2 Å². The third-order valence-electron chi connectivity index (χ3n) is 8.10. The van der Waals surface area contributed by atoms with E-state index in [0.29, 0.717) is 5.69 Å². The van der Waals surface area contributed by atoms with Crippen LogP contribution < -0.4 is 11.1 Å². The summed E-state index contributed by atoms with van der Waals surface area (Å²) in [5, 5.41) is 2.92. The Morgan fingerprint density at radius 1 is 0.947 bits per heavy atom. The summed E-state index contributed by atoms with van der Waals surface area (Å²) in [7, 11) is -0.616. The predicted molar refractivity (Wildman–Crippen MR) is 153 cm³/mol. The second-order valence-corrected chi connectivity index (χ2v) is 11.0. The third-order valence-corrected chi connectivity index (χ3v) is 8.10. The van der Waals surface area contributed by atoms with Crippen LogP contribution in [0.5, 0.6) is 0 Å². The van der Waals surface area contributed by atoms with Crippen molar-refractivity contribution in [3.8, 4) is 11.1 Å². The number of fused-ring (bicyclic) bond motifs is 3. The Hall–Kier alpha value is -3.55. The number of carbonyl (C=O) groups excluding carboxylic acids is 1. The Morgan fingerprint density at radius 2 is 1.53 bits per heavy atom. The smallest absolute Gasteiger partial charge is 0.449 e. The molecule has 3 N–H and O–H groups in total. The molecule has 1 amide bonds. The molecule has 0 saturated carbocycles. The van der Waals surface area contributed by atoms with Crippen LogP contribution in [0.15, 0.2) is 72.2 Å². The summed E-state index contributed by atoms with van der Waals surface area (Å²) in [5.74, 6) is 0.00111. The first-order valence-electron chi connectivity index (χ1n) is 13.1. The van der Waals surface area contributed by atoms with Gasteiger partial charge >= 0.3 is 13.2 Å². The molecule has 1 saturated heterocycles. The maximum Gasteiger partial charge on any atom is 0.492 e. The summed E-state index contributed by atoms with van der Waals surface area (Å²) in [6.07, 6.45) is 1.50. The van der Waals surface area contributed by atoms with E-state index in [-0.39, 0.29) is 19.1 Å². The van der Waals surface area contributed by atoms with Gasteiger partial charge in [0.25, 0.3) is 0 Å². The van der Waals surface area contributed by atoms with Gasteiger partial charge in [0.15, 0.2) is 0 Å². The number of nitrogens with two attached hydrogens (primary N) is 1. The summed E-state index contributed by atoms with van der Waals surface area (Å²) < 4.78 is 18.4. The summed E-state index contributed by atoms with van der Waals surface area (Å²) in [6, 6.07) is 22.4.